The summed E-state index contributed by atoms with van der Waals surface area (Å²) in [5, 5.41) is 8.80. The van der Waals surface area contributed by atoms with Crippen molar-refractivity contribution >= 4 is 11.9 Å². The number of esters is 1. The van der Waals surface area contributed by atoms with Crippen molar-refractivity contribution in [1.29, 1.82) is 0 Å². The summed E-state index contributed by atoms with van der Waals surface area (Å²) in [5.74, 6) is -0.679. The zero-order valence-electron chi connectivity index (χ0n) is 32.3. The van der Waals surface area contributed by atoms with Gasteiger partial charge in [-0.3, -0.25) is 9.59 Å². The highest BCUT2D eigenvalue weighted by molar-refractivity contribution is 5.69. The Labute approximate surface area is 299 Å². The molecular weight excluding hydrogens is 592 g/mol. The highest BCUT2D eigenvalue weighted by Gasteiger charge is 2.14. The standard InChI is InChI=1S/C44H82O4/c1-3-5-7-9-11-13-15-16-17-18-19-20-21-22-23-25-27-33-37-41-44(47)48-42(39-35-31-28-29-32-36-40-43(45)46)38-34-30-26-24-14-12-10-8-6-4-2/h11,13,16-17,42H,3-10,12,14-15,18-41H2,1-2H3,(H,45,46)/b13-11-,17-16-. The van der Waals surface area contributed by atoms with E-state index in [4.69, 9.17) is 9.84 Å². The van der Waals surface area contributed by atoms with Crippen molar-refractivity contribution in [2.24, 2.45) is 0 Å². The van der Waals surface area contributed by atoms with E-state index in [9.17, 15) is 9.59 Å². The fourth-order valence-corrected chi connectivity index (χ4v) is 6.51. The summed E-state index contributed by atoms with van der Waals surface area (Å²) in [6.07, 6.45) is 50.6. The molecular formula is C44H82O4. The van der Waals surface area contributed by atoms with Crippen LogP contribution in [0.4, 0.5) is 0 Å². The average molecular weight is 675 g/mol. The Kier molecular flexibility index (Phi) is 38.5. The molecule has 0 radical (unpaired) electrons. The molecule has 0 saturated heterocycles. The number of rotatable bonds is 39. The van der Waals surface area contributed by atoms with Crippen molar-refractivity contribution in [2.75, 3.05) is 0 Å². The second-order valence-electron chi connectivity index (χ2n) is 14.5. The summed E-state index contributed by atoms with van der Waals surface area (Å²) in [4.78, 5) is 23.4. The third-order valence-corrected chi connectivity index (χ3v) is 9.68. The van der Waals surface area contributed by atoms with Gasteiger partial charge in [0, 0.05) is 12.8 Å². The number of hydrogen-bond donors (Lipinski definition) is 1. The Bertz CT molecular complexity index is 727. The number of carboxylic acids is 1. The van der Waals surface area contributed by atoms with E-state index in [0.717, 1.165) is 77.0 Å². The highest BCUT2D eigenvalue weighted by Crippen LogP contribution is 2.19. The van der Waals surface area contributed by atoms with Crippen LogP contribution in [-0.4, -0.2) is 23.1 Å². The van der Waals surface area contributed by atoms with E-state index in [1.54, 1.807) is 0 Å². The minimum absolute atomic E-state index is 0.0118. The van der Waals surface area contributed by atoms with Crippen LogP contribution >= 0.6 is 0 Å². The van der Waals surface area contributed by atoms with Gasteiger partial charge in [-0.05, 0) is 70.6 Å². The first kappa shape index (κ1) is 46.4. The van der Waals surface area contributed by atoms with Crippen molar-refractivity contribution in [3.63, 3.8) is 0 Å². The van der Waals surface area contributed by atoms with Gasteiger partial charge in [0.05, 0.1) is 0 Å². The quantitative estimate of drug-likeness (QED) is 0.0400. The third-order valence-electron chi connectivity index (χ3n) is 9.68. The Balaban J connectivity index is 3.96. The first-order valence-corrected chi connectivity index (χ1v) is 21.3. The van der Waals surface area contributed by atoms with Crippen molar-refractivity contribution in [2.45, 2.75) is 245 Å². The predicted molar refractivity (Wildman–Crippen MR) is 209 cm³/mol. The van der Waals surface area contributed by atoms with Gasteiger partial charge in [-0.2, -0.15) is 0 Å². The van der Waals surface area contributed by atoms with Gasteiger partial charge in [0.1, 0.15) is 6.10 Å². The van der Waals surface area contributed by atoms with Crippen LogP contribution in [-0.2, 0) is 14.3 Å². The van der Waals surface area contributed by atoms with E-state index < -0.39 is 5.97 Å². The van der Waals surface area contributed by atoms with E-state index in [-0.39, 0.29) is 18.5 Å². The molecule has 0 aromatic carbocycles. The van der Waals surface area contributed by atoms with Crippen LogP contribution < -0.4 is 0 Å². The summed E-state index contributed by atoms with van der Waals surface area (Å²) in [6.45, 7) is 4.53. The number of aliphatic carboxylic acids is 1. The van der Waals surface area contributed by atoms with Crippen LogP contribution in [0.15, 0.2) is 24.3 Å². The first-order valence-electron chi connectivity index (χ1n) is 21.3. The van der Waals surface area contributed by atoms with Gasteiger partial charge in [0.2, 0.25) is 0 Å². The molecule has 1 N–H and O–H groups in total. The Morgan fingerprint density at radius 1 is 0.458 bits per heavy atom. The summed E-state index contributed by atoms with van der Waals surface area (Å²) in [6, 6.07) is 0. The van der Waals surface area contributed by atoms with E-state index >= 15 is 0 Å². The Hall–Kier alpha value is -1.58. The SMILES string of the molecule is CCCCC/C=C\C/C=C\CCCCCCCCCCCC(=O)OC(CCCCCCCCCCCC)CCCCCCCCC(=O)O. The zero-order chi connectivity index (χ0) is 35.0. The minimum Gasteiger partial charge on any atom is -0.481 e. The van der Waals surface area contributed by atoms with E-state index in [0.29, 0.717) is 6.42 Å². The molecule has 0 aliphatic rings. The molecule has 0 saturated carbocycles. The molecule has 0 spiro atoms. The molecule has 0 amide bonds. The molecule has 1 atom stereocenters. The Morgan fingerprint density at radius 3 is 1.27 bits per heavy atom. The molecule has 0 aromatic rings. The molecule has 0 rings (SSSR count). The summed E-state index contributed by atoms with van der Waals surface area (Å²) in [5.41, 5.74) is 0. The number of ether oxygens (including phenoxy) is 1. The fraction of sp³-hybridized carbons (Fsp3) is 0.864. The molecule has 0 fully saturated rings. The normalized spacial score (nSPS) is 12.4. The van der Waals surface area contributed by atoms with Crippen molar-refractivity contribution in [1.82, 2.24) is 0 Å². The average Bonchev–Trinajstić information content (AvgIpc) is 3.07. The number of hydrogen-bond acceptors (Lipinski definition) is 3. The largest absolute Gasteiger partial charge is 0.481 e. The van der Waals surface area contributed by atoms with E-state index in [1.165, 1.54) is 135 Å². The minimum atomic E-state index is -0.691. The van der Waals surface area contributed by atoms with Gasteiger partial charge < -0.3 is 9.84 Å². The van der Waals surface area contributed by atoms with E-state index in [2.05, 4.69) is 38.2 Å². The van der Waals surface area contributed by atoms with Gasteiger partial charge in [-0.15, -0.1) is 0 Å². The van der Waals surface area contributed by atoms with Crippen molar-refractivity contribution in [3.8, 4) is 0 Å². The number of carbonyl (C=O) groups is 2. The monoisotopic (exact) mass is 675 g/mol. The summed E-state index contributed by atoms with van der Waals surface area (Å²) >= 11 is 0. The number of allylic oxidation sites excluding steroid dienone is 4. The number of carbonyl (C=O) groups excluding carboxylic acids is 1. The maximum absolute atomic E-state index is 12.7. The van der Waals surface area contributed by atoms with Gasteiger partial charge in [0.15, 0.2) is 0 Å². The molecule has 1 unspecified atom stereocenters. The molecule has 0 aromatic heterocycles. The second-order valence-corrected chi connectivity index (χ2v) is 14.5. The van der Waals surface area contributed by atoms with Crippen LogP contribution in [0.25, 0.3) is 0 Å². The summed E-state index contributed by atoms with van der Waals surface area (Å²) < 4.78 is 6.03. The van der Waals surface area contributed by atoms with Gasteiger partial charge in [0.25, 0.3) is 0 Å². The van der Waals surface area contributed by atoms with Crippen LogP contribution in [0, 0.1) is 0 Å². The fourth-order valence-electron chi connectivity index (χ4n) is 6.51. The van der Waals surface area contributed by atoms with Gasteiger partial charge >= 0.3 is 11.9 Å². The second kappa shape index (κ2) is 39.9. The van der Waals surface area contributed by atoms with Crippen LogP contribution in [0.5, 0.6) is 0 Å². The molecule has 4 nitrogen and oxygen atoms in total. The maximum Gasteiger partial charge on any atom is 0.306 e. The van der Waals surface area contributed by atoms with Gasteiger partial charge in [-0.1, -0.05) is 179 Å². The zero-order valence-corrected chi connectivity index (χ0v) is 32.3. The molecule has 4 heteroatoms. The van der Waals surface area contributed by atoms with Crippen molar-refractivity contribution < 1.29 is 19.4 Å². The highest BCUT2D eigenvalue weighted by atomic mass is 16.5. The molecule has 0 aliphatic heterocycles. The molecule has 282 valence electrons. The number of carboxylic acid groups (broad SMARTS) is 1. The van der Waals surface area contributed by atoms with E-state index in [1.807, 2.05) is 0 Å². The molecule has 0 heterocycles. The van der Waals surface area contributed by atoms with Crippen LogP contribution in [0.2, 0.25) is 0 Å². The lowest BCUT2D eigenvalue weighted by Gasteiger charge is -2.18. The molecule has 48 heavy (non-hydrogen) atoms. The summed E-state index contributed by atoms with van der Waals surface area (Å²) in [7, 11) is 0. The predicted octanol–water partition coefficient (Wildman–Crippen LogP) is 14.8. The third kappa shape index (κ3) is 38.9. The molecule has 0 bridgehead atoms. The topological polar surface area (TPSA) is 63.6 Å². The lowest BCUT2D eigenvalue weighted by Crippen LogP contribution is -2.18. The Morgan fingerprint density at radius 2 is 0.812 bits per heavy atom. The maximum atomic E-state index is 12.7. The van der Waals surface area contributed by atoms with Crippen LogP contribution in [0.3, 0.4) is 0 Å². The lowest BCUT2D eigenvalue weighted by molar-refractivity contribution is -0.150. The number of unbranched alkanes of at least 4 members (excludes halogenated alkanes) is 26. The van der Waals surface area contributed by atoms with Gasteiger partial charge in [-0.25, -0.2) is 0 Å². The smallest absolute Gasteiger partial charge is 0.306 e. The first-order chi connectivity index (χ1) is 23.6. The lowest BCUT2D eigenvalue weighted by atomic mass is 10.0. The molecule has 0 aliphatic carbocycles. The van der Waals surface area contributed by atoms with Crippen LogP contribution in [0.1, 0.15) is 239 Å². The van der Waals surface area contributed by atoms with Crippen molar-refractivity contribution in [3.05, 3.63) is 24.3 Å².